The van der Waals surface area contributed by atoms with E-state index >= 15 is 0 Å². The average Bonchev–Trinajstić information content (AvgIpc) is 2.57. The number of hydrogen-bond acceptors (Lipinski definition) is 6. The summed E-state index contributed by atoms with van der Waals surface area (Å²) in [5, 5.41) is 0. The summed E-state index contributed by atoms with van der Waals surface area (Å²) in [7, 11) is 2.78. The highest BCUT2D eigenvalue weighted by Gasteiger charge is 2.26. The summed E-state index contributed by atoms with van der Waals surface area (Å²) < 4.78 is 21.1. The summed E-state index contributed by atoms with van der Waals surface area (Å²) in [6.07, 6.45) is 0.0122. The Labute approximate surface area is 141 Å². The summed E-state index contributed by atoms with van der Waals surface area (Å²) in [6, 6.07) is 4.67. The van der Waals surface area contributed by atoms with Crippen LogP contribution in [0.5, 0.6) is 11.5 Å². The van der Waals surface area contributed by atoms with Gasteiger partial charge in [0.2, 0.25) is 0 Å². The van der Waals surface area contributed by atoms with Gasteiger partial charge in [-0.25, -0.2) is 4.79 Å². The van der Waals surface area contributed by atoms with Crippen LogP contribution < -0.4 is 9.47 Å². The highest BCUT2D eigenvalue weighted by Crippen LogP contribution is 2.28. The average molecular weight is 337 g/mol. The van der Waals surface area contributed by atoms with Crippen LogP contribution in [-0.4, -0.2) is 62.9 Å². The summed E-state index contributed by atoms with van der Waals surface area (Å²) in [5.74, 6) is 0.186. The Balaban J connectivity index is 2.00. The first kappa shape index (κ1) is 18.1. The molecule has 2 rings (SSSR count). The number of carbonyl (C=O) groups is 2. The van der Waals surface area contributed by atoms with E-state index in [1.54, 1.807) is 17.0 Å². The topological polar surface area (TPSA) is 74.3 Å². The van der Waals surface area contributed by atoms with Crippen LogP contribution in [0.25, 0.3) is 0 Å². The number of amides is 1. The zero-order chi connectivity index (χ0) is 17.7. The molecule has 1 amide bonds. The molecular formula is C17H23NO6. The lowest BCUT2D eigenvalue weighted by Crippen LogP contribution is -2.49. The van der Waals surface area contributed by atoms with E-state index in [1.807, 2.05) is 13.8 Å². The van der Waals surface area contributed by atoms with Gasteiger partial charge in [-0.3, -0.25) is 4.79 Å². The second kappa shape index (κ2) is 8.01. The molecule has 0 N–H and O–H groups in total. The molecule has 1 saturated heterocycles. The van der Waals surface area contributed by atoms with Crippen LogP contribution >= 0.6 is 0 Å². The molecule has 2 atom stereocenters. The predicted molar refractivity (Wildman–Crippen MR) is 86.4 cm³/mol. The fraction of sp³-hybridized carbons (Fsp3) is 0.529. The minimum atomic E-state index is -0.466. The van der Waals surface area contributed by atoms with Crippen molar-refractivity contribution in [2.24, 2.45) is 0 Å². The quantitative estimate of drug-likeness (QED) is 0.758. The SMILES string of the molecule is COC(=O)c1ccc(OCC(=O)N2C[C@@H](C)O[C@@H](C)C2)c(OC)c1. The number of carbonyl (C=O) groups excluding carboxylic acids is 2. The Kier molecular flexibility index (Phi) is 6.03. The Hall–Kier alpha value is -2.28. The predicted octanol–water partition coefficient (Wildman–Crippen LogP) is 1.50. The molecule has 1 aromatic rings. The lowest BCUT2D eigenvalue weighted by atomic mass is 10.2. The van der Waals surface area contributed by atoms with Crippen molar-refractivity contribution in [1.82, 2.24) is 4.90 Å². The minimum Gasteiger partial charge on any atom is -0.493 e. The van der Waals surface area contributed by atoms with E-state index in [0.29, 0.717) is 30.2 Å². The molecule has 0 unspecified atom stereocenters. The van der Waals surface area contributed by atoms with Crippen LogP contribution in [0.15, 0.2) is 18.2 Å². The number of benzene rings is 1. The summed E-state index contributed by atoms with van der Waals surface area (Å²) in [5.41, 5.74) is 0.351. The third kappa shape index (κ3) is 4.38. The first-order valence-corrected chi connectivity index (χ1v) is 7.77. The van der Waals surface area contributed by atoms with Gasteiger partial charge in [0.25, 0.3) is 5.91 Å². The third-order valence-electron chi connectivity index (χ3n) is 3.71. The Morgan fingerprint density at radius 3 is 2.42 bits per heavy atom. The molecule has 1 aliphatic heterocycles. The lowest BCUT2D eigenvalue weighted by molar-refractivity contribution is -0.145. The molecule has 132 valence electrons. The van der Waals surface area contributed by atoms with Crippen molar-refractivity contribution in [1.29, 1.82) is 0 Å². The molecule has 1 heterocycles. The summed E-state index contributed by atoms with van der Waals surface area (Å²) in [4.78, 5) is 25.6. The van der Waals surface area contributed by atoms with Crippen LogP contribution in [0.1, 0.15) is 24.2 Å². The van der Waals surface area contributed by atoms with Gasteiger partial charge in [-0.2, -0.15) is 0 Å². The van der Waals surface area contributed by atoms with Gasteiger partial charge in [-0.1, -0.05) is 0 Å². The van der Waals surface area contributed by atoms with Crippen molar-refractivity contribution in [3.05, 3.63) is 23.8 Å². The molecule has 0 bridgehead atoms. The van der Waals surface area contributed by atoms with E-state index in [-0.39, 0.29) is 24.7 Å². The largest absolute Gasteiger partial charge is 0.493 e. The molecule has 24 heavy (non-hydrogen) atoms. The number of methoxy groups -OCH3 is 2. The molecule has 0 radical (unpaired) electrons. The third-order valence-corrected chi connectivity index (χ3v) is 3.71. The van der Waals surface area contributed by atoms with Crippen LogP contribution in [0.4, 0.5) is 0 Å². The van der Waals surface area contributed by atoms with Gasteiger partial charge >= 0.3 is 5.97 Å². The lowest BCUT2D eigenvalue weighted by Gasteiger charge is -2.35. The van der Waals surface area contributed by atoms with Crippen molar-refractivity contribution >= 4 is 11.9 Å². The van der Waals surface area contributed by atoms with Gasteiger partial charge in [-0.15, -0.1) is 0 Å². The number of ether oxygens (including phenoxy) is 4. The van der Waals surface area contributed by atoms with Crippen molar-refractivity contribution in [2.45, 2.75) is 26.1 Å². The van der Waals surface area contributed by atoms with Crippen LogP contribution in [0, 0.1) is 0 Å². The van der Waals surface area contributed by atoms with E-state index in [0.717, 1.165) is 0 Å². The van der Waals surface area contributed by atoms with Crippen LogP contribution in [0.3, 0.4) is 0 Å². The maximum absolute atomic E-state index is 12.3. The molecule has 7 heteroatoms. The summed E-state index contributed by atoms with van der Waals surface area (Å²) >= 11 is 0. The normalized spacial score (nSPS) is 20.4. The molecule has 0 aliphatic carbocycles. The van der Waals surface area contributed by atoms with Crippen LogP contribution in [-0.2, 0) is 14.3 Å². The fourth-order valence-electron chi connectivity index (χ4n) is 2.64. The van der Waals surface area contributed by atoms with Gasteiger partial charge < -0.3 is 23.8 Å². The monoisotopic (exact) mass is 337 g/mol. The Morgan fingerprint density at radius 1 is 1.17 bits per heavy atom. The molecule has 0 aromatic heterocycles. The smallest absolute Gasteiger partial charge is 0.337 e. The van der Waals surface area contributed by atoms with E-state index in [1.165, 1.54) is 20.3 Å². The molecule has 1 aromatic carbocycles. The molecule has 0 saturated carbocycles. The van der Waals surface area contributed by atoms with Gasteiger partial charge in [-0.05, 0) is 32.0 Å². The van der Waals surface area contributed by atoms with Gasteiger partial charge in [0.1, 0.15) is 0 Å². The van der Waals surface area contributed by atoms with Crippen molar-refractivity contribution in [2.75, 3.05) is 33.9 Å². The molecule has 1 aliphatic rings. The number of morpholine rings is 1. The molecule has 0 spiro atoms. The number of hydrogen-bond donors (Lipinski definition) is 0. The highest BCUT2D eigenvalue weighted by atomic mass is 16.5. The van der Waals surface area contributed by atoms with Crippen LogP contribution in [0.2, 0.25) is 0 Å². The fourth-order valence-corrected chi connectivity index (χ4v) is 2.64. The number of esters is 1. The summed E-state index contributed by atoms with van der Waals surface area (Å²) in [6.45, 7) is 4.86. The number of nitrogens with zero attached hydrogens (tertiary/aromatic N) is 1. The second-order valence-corrected chi connectivity index (χ2v) is 5.70. The van der Waals surface area contributed by atoms with E-state index < -0.39 is 5.97 Å². The van der Waals surface area contributed by atoms with Crippen molar-refractivity contribution in [3.8, 4) is 11.5 Å². The second-order valence-electron chi connectivity index (χ2n) is 5.70. The Morgan fingerprint density at radius 2 is 1.83 bits per heavy atom. The van der Waals surface area contributed by atoms with E-state index in [2.05, 4.69) is 4.74 Å². The molecule has 1 fully saturated rings. The van der Waals surface area contributed by atoms with Crippen molar-refractivity contribution in [3.63, 3.8) is 0 Å². The van der Waals surface area contributed by atoms with Crippen molar-refractivity contribution < 1.29 is 28.5 Å². The molecule has 7 nitrogen and oxygen atoms in total. The minimum absolute atomic E-state index is 0.00609. The first-order chi connectivity index (χ1) is 11.4. The standard InChI is InChI=1S/C17H23NO6/c1-11-8-18(9-12(2)24-11)16(19)10-23-14-6-5-13(17(20)22-4)7-15(14)21-3/h5-7,11-12H,8-10H2,1-4H3/t11-,12+. The van der Waals surface area contributed by atoms with E-state index in [9.17, 15) is 9.59 Å². The zero-order valence-electron chi connectivity index (χ0n) is 14.4. The highest BCUT2D eigenvalue weighted by molar-refractivity contribution is 5.90. The maximum Gasteiger partial charge on any atom is 0.337 e. The first-order valence-electron chi connectivity index (χ1n) is 7.77. The maximum atomic E-state index is 12.3. The van der Waals surface area contributed by atoms with Gasteiger partial charge in [0.15, 0.2) is 18.1 Å². The molecular weight excluding hydrogens is 314 g/mol. The van der Waals surface area contributed by atoms with Gasteiger partial charge in [0.05, 0.1) is 32.0 Å². The van der Waals surface area contributed by atoms with E-state index in [4.69, 9.17) is 14.2 Å². The zero-order valence-corrected chi connectivity index (χ0v) is 14.4. The number of rotatable bonds is 5. The van der Waals surface area contributed by atoms with Gasteiger partial charge in [0, 0.05) is 13.1 Å². The Bertz CT molecular complexity index is 593.